The molecule has 1 aromatic carbocycles. The van der Waals surface area contributed by atoms with Gasteiger partial charge in [0.1, 0.15) is 0 Å². The first-order valence-electron chi connectivity index (χ1n) is 5.80. The van der Waals surface area contributed by atoms with E-state index < -0.39 is 0 Å². The fraction of sp³-hybridized carbons (Fsp3) is 0.462. The molecular formula is C13H18O4. The predicted molar refractivity (Wildman–Crippen MR) is 63.8 cm³/mol. The monoisotopic (exact) mass is 238 g/mol. The van der Waals surface area contributed by atoms with Gasteiger partial charge in [-0.25, -0.2) is 9.68 Å². The van der Waals surface area contributed by atoms with Crippen LogP contribution in [0, 0.1) is 0 Å². The van der Waals surface area contributed by atoms with Gasteiger partial charge >= 0.3 is 5.97 Å². The van der Waals surface area contributed by atoms with Gasteiger partial charge < -0.3 is 4.74 Å². The molecular weight excluding hydrogens is 220 g/mol. The van der Waals surface area contributed by atoms with Crippen molar-refractivity contribution in [2.45, 2.75) is 32.3 Å². The van der Waals surface area contributed by atoms with E-state index in [1.165, 1.54) is 0 Å². The Morgan fingerprint density at radius 2 is 2.00 bits per heavy atom. The zero-order chi connectivity index (χ0) is 12.5. The number of benzene rings is 1. The standard InChI is InChI=1S/C13H18O4/c1-2-6-12(17-15)9-10-16-13(14)11-7-4-3-5-8-11/h3-5,7-8,12,15H,2,6,9-10H2,1H3. The Hall–Kier alpha value is -1.39. The molecule has 0 aliphatic rings. The third kappa shape index (κ3) is 4.97. The lowest BCUT2D eigenvalue weighted by atomic mass is 10.1. The Labute approximate surface area is 101 Å². The maximum Gasteiger partial charge on any atom is 0.338 e. The van der Waals surface area contributed by atoms with Crippen molar-refractivity contribution in [3.05, 3.63) is 35.9 Å². The topological polar surface area (TPSA) is 55.8 Å². The van der Waals surface area contributed by atoms with E-state index in [-0.39, 0.29) is 18.7 Å². The molecule has 94 valence electrons. The second-order valence-electron chi connectivity index (χ2n) is 3.81. The second kappa shape index (κ2) is 7.81. The van der Waals surface area contributed by atoms with Gasteiger partial charge in [0.2, 0.25) is 0 Å². The minimum atomic E-state index is -0.348. The van der Waals surface area contributed by atoms with Crippen LogP contribution in [0.5, 0.6) is 0 Å². The van der Waals surface area contributed by atoms with Crippen molar-refractivity contribution < 1.29 is 19.7 Å². The Morgan fingerprint density at radius 1 is 1.29 bits per heavy atom. The Morgan fingerprint density at radius 3 is 2.59 bits per heavy atom. The molecule has 17 heavy (non-hydrogen) atoms. The third-order valence-electron chi connectivity index (χ3n) is 2.44. The summed E-state index contributed by atoms with van der Waals surface area (Å²) in [5.41, 5.74) is 0.532. The predicted octanol–water partition coefficient (Wildman–Crippen LogP) is 2.89. The van der Waals surface area contributed by atoms with Gasteiger partial charge in [-0.15, -0.1) is 0 Å². The van der Waals surface area contributed by atoms with Crippen molar-refractivity contribution in [2.75, 3.05) is 6.61 Å². The van der Waals surface area contributed by atoms with Crippen LogP contribution >= 0.6 is 0 Å². The summed E-state index contributed by atoms with van der Waals surface area (Å²) in [5, 5.41) is 8.60. The normalized spacial score (nSPS) is 12.1. The Bertz CT molecular complexity index is 323. The van der Waals surface area contributed by atoms with Gasteiger partial charge in [-0.2, -0.15) is 0 Å². The van der Waals surface area contributed by atoms with Crippen LogP contribution in [-0.2, 0) is 9.62 Å². The van der Waals surface area contributed by atoms with Crippen LogP contribution in [0.25, 0.3) is 0 Å². The molecule has 1 rings (SSSR count). The number of ether oxygens (including phenoxy) is 1. The van der Waals surface area contributed by atoms with Gasteiger partial charge in [0, 0.05) is 6.42 Å². The zero-order valence-electron chi connectivity index (χ0n) is 9.96. The first-order valence-corrected chi connectivity index (χ1v) is 5.80. The number of rotatable bonds is 7. The van der Waals surface area contributed by atoms with E-state index in [1.807, 2.05) is 13.0 Å². The van der Waals surface area contributed by atoms with Crippen molar-refractivity contribution in [2.24, 2.45) is 0 Å². The van der Waals surface area contributed by atoms with Crippen molar-refractivity contribution >= 4 is 5.97 Å². The molecule has 0 aliphatic heterocycles. The van der Waals surface area contributed by atoms with Crippen LogP contribution in [0.3, 0.4) is 0 Å². The fourth-order valence-corrected chi connectivity index (χ4v) is 1.51. The van der Waals surface area contributed by atoms with Crippen molar-refractivity contribution in [3.8, 4) is 0 Å². The summed E-state index contributed by atoms with van der Waals surface area (Å²) in [6, 6.07) is 8.82. The Kier molecular flexibility index (Phi) is 6.29. The maximum atomic E-state index is 11.5. The van der Waals surface area contributed by atoms with Crippen LogP contribution in [-0.4, -0.2) is 23.9 Å². The van der Waals surface area contributed by atoms with Gasteiger partial charge in [-0.05, 0) is 18.6 Å². The highest BCUT2D eigenvalue weighted by Crippen LogP contribution is 2.07. The first-order chi connectivity index (χ1) is 8.27. The summed E-state index contributed by atoms with van der Waals surface area (Å²) >= 11 is 0. The molecule has 1 N–H and O–H groups in total. The molecule has 4 nitrogen and oxygen atoms in total. The summed E-state index contributed by atoms with van der Waals surface area (Å²) in [6.07, 6.45) is 1.91. The van der Waals surface area contributed by atoms with E-state index >= 15 is 0 Å². The number of hydrogen-bond donors (Lipinski definition) is 1. The van der Waals surface area contributed by atoms with Crippen LogP contribution in [0.1, 0.15) is 36.5 Å². The molecule has 0 spiro atoms. The van der Waals surface area contributed by atoms with Crippen LogP contribution < -0.4 is 0 Å². The highest BCUT2D eigenvalue weighted by atomic mass is 17.1. The lowest BCUT2D eigenvalue weighted by Crippen LogP contribution is -2.15. The van der Waals surface area contributed by atoms with E-state index in [2.05, 4.69) is 4.89 Å². The van der Waals surface area contributed by atoms with Crippen molar-refractivity contribution in [3.63, 3.8) is 0 Å². The summed E-state index contributed by atoms with van der Waals surface area (Å²) in [5.74, 6) is -0.348. The average molecular weight is 238 g/mol. The summed E-state index contributed by atoms with van der Waals surface area (Å²) < 4.78 is 5.08. The molecule has 0 saturated heterocycles. The van der Waals surface area contributed by atoms with Crippen LogP contribution in [0.4, 0.5) is 0 Å². The SMILES string of the molecule is CCCC(CCOC(=O)c1ccccc1)OO. The lowest BCUT2D eigenvalue weighted by molar-refractivity contribution is -0.282. The molecule has 0 amide bonds. The molecule has 1 unspecified atom stereocenters. The quantitative estimate of drug-likeness (QED) is 0.451. The fourth-order valence-electron chi connectivity index (χ4n) is 1.51. The summed E-state index contributed by atoms with van der Waals surface area (Å²) in [6.45, 7) is 2.25. The number of hydrogen-bond acceptors (Lipinski definition) is 4. The lowest BCUT2D eigenvalue weighted by Gasteiger charge is -2.12. The minimum absolute atomic E-state index is 0.249. The summed E-state index contributed by atoms with van der Waals surface area (Å²) in [4.78, 5) is 15.8. The van der Waals surface area contributed by atoms with Crippen molar-refractivity contribution in [1.82, 2.24) is 0 Å². The second-order valence-corrected chi connectivity index (χ2v) is 3.81. The van der Waals surface area contributed by atoms with E-state index in [9.17, 15) is 4.79 Å². The third-order valence-corrected chi connectivity index (χ3v) is 2.44. The smallest absolute Gasteiger partial charge is 0.338 e. The molecule has 0 aromatic heterocycles. The van der Waals surface area contributed by atoms with Gasteiger partial charge in [-0.3, -0.25) is 5.26 Å². The molecule has 0 bridgehead atoms. The van der Waals surface area contributed by atoms with Gasteiger partial charge in [0.25, 0.3) is 0 Å². The first kappa shape index (κ1) is 13.7. The largest absolute Gasteiger partial charge is 0.462 e. The molecule has 4 heteroatoms. The Balaban J connectivity index is 2.29. The van der Waals surface area contributed by atoms with Crippen LogP contribution in [0.2, 0.25) is 0 Å². The molecule has 0 heterocycles. The molecule has 0 fully saturated rings. The number of carbonyl (C=O) groups is 1. The van der Waals surface area contributed by atoms with E-state index in [0.717, 1.165) is 12.8 Å². The summed E-state index contributed by atoms with van der Waals surface area (Å²) in [7, 11) is 0. The van der Waals surface area contributed by atoms with E-state index in [1.54, 1.807) is 24.3 Å². The number of carbonyl (C=O) groups excluding carboxylic acids is 1. The van der Waals surface area contributed by atoms with Gasteiger partial charge in [0.05, 0.1) is 18.3 Å². The van der Waals surface area contributed by atoms with Gasteiger partial charge in [-0.1, -0.05) is 31.5 Å². The molecule has 0 radical (unpaired) electrons. The molecule has 0 aliphatic carbocycles. The minimum Gasteiger partial charge on any atom is -0.462 e. The van der Waals surface area contributed by atoms with Crippen LogP contribution in [0.15, 0.2) is 30.3 Å². The molecule has 1 atom stereocenters. The van der Waals surface area contributed by atoms with Gasteiger partial charge in [0.15, 0.2) is 0 Å². The highest BCUT2D eigenvalue weighted by Gasteiger charge is 2.10. The maximum absolute atomic E-state index is 11.5. The van der Waals surface area contributed by atoms with E-state index in [4.69, 9.17) is 9.99 Å². The molecule has 1 aromatic rings. The zero-order valence-corrected chi connectivity index (χ0v) is 9.96. The highest BCUT2D eigenvalue weighted by molar-refractivity contribution is 5.89. The van der Waals surface area contributed by atoms with Crippen molar-refractivity contribution in [1.29, 1.82) is 0 Å². The number of esters is 1. The van der Waals surface area contributed by atoms with E-state index in [0.29, 0.717) is 12.0 Å². The molecule has 0 saturated carbocycles. The average Bonchev–Trinajstić information content (AvgIpc) is 2.38.